The Morgan fingerprint density at radius 2 is 1.92 bits per heavy atom. The Hall–Kier alpha value is -3.61. The fourth-order valence-corrected chi connectivity index (χ4v) is 5.79. The average molecular weight is 495 g/mol. The predicted octanol–water partition coefficient (Wildman–Crippen LogP) is 1.66. The predicted molar refractivity (Wildman–Crippen MR) is 130 cm³/mol. The number of hydrogen-bond acceptors (Lipinski definition) is 8. The van der Waals surface area contributed by atoms with Gasteiger partial charge in [0.2, 0.25) is 5.78 Å². The number of allylic oxidation sites excluding steroid dienone is 1. The summed E-state index contributed by atoms with van der Waals surface area (Å²) in [5.41, 5.74) is 2.79. The molecule has 4 rings (SSSR count). The van der Waals surface area contributed by atoms with E-state index < -0.39 is 58.0 Å². The number of carbonyl (C=O) groups is 3. The highest BCUT2D eigenvalue weighted by Crippen LogP contribution is 2.52. The summed E-state index contributed by atoms with van der Waals surface area (Å²) < 4.78 is 0. The molecule has 0 radical (unpaired) electrons. The zero-order chi connectivity index (χ0) is 26.5. The van der Waals surface area contributed by atoms with Gasteiger partial charge in [0.05, 0.1) is 11.6 Å². The zero-order valence-corrected chi connectivity index (χ0v) is 20.5. The minimum atomic E-state index is -2.64. The molecule has 3 aliphatic rings. The highest BCUT2D eigenvalue weighted by atomic mass is 16.3. The smallest absolute Gasteiger partial charge is 0.255 e. The van der Waals surface area contributed by atoms with Crippen molar-refractivity contribution in [1.29, 1.82) is 0 Å². The number of aliphatic hydroxyl groups is 3. The van der Waals surface area contributed by atoms with Crippen molar-refractivity contribution in [3.8, 4) is 17.6 Å². The molecule has 9 nitrogen and oxygen atoms in total. The van der Waals surface area contributed by atoms with Gasteiger partial charge < -0.3 is 26.2 Å². The molecule has 3 aliphatic carbocycles. The molecule has 0 saturated heterocycles. The number of fused-ring (bicyclic) bond motifs is 3. The summed E-state index contributed by atoms with van der Waals surface area (Å²) in [5.74, 6) is -0.474. The Kier molecular flexibility index (Phi) is 6.45. The van der Waals surface area contributed by atoms with Crippen LogP contribution in [0.25, 0.3) is 0 Å². The number of likely N-dealkylation sites (N-methyl/N-ethyl adjacent to an activating group) is 1. The van der Waals surface area contributed by atoms with Crippen LogP contribution in [-0.4, -0.2) is 68.5 Å². The molecule has 190 valence electrons. The van der Waals surface area contributed by atoms with Crippen molar-refractivity contribution in [3.63, 3.8) is 0 Å². The summed E-state index contributed by atoms with van der Waals surface area (Å²) in [6.07, 6.45) is 2.88. The minimum absolute atomic E-state index is 0.0296. The van der Waals surface area contributed by atoms with Gasteiger partial charge >= 0.3 is 0 Å². The molecule has 0 bridgehead atoms. The molecular formula is C27H30N2O7. The van der Waals surface area contributed by atoms with Crippen molar-refractivity contribution in [2.45, 2.75) is 50.7 Å². The summed E-state index contributed by atoms with van der Waals surface area (Å²) in [7, 11) is 3.19. The number of unbranched alkanes of at least 4 members (excludes halogenated alkanes) is 2. The van der Waals surface area contributed by atoms with Gasteiger partial charge in [0.25, 0.3) is 5.91 Å². The van der Waals surface area contributed by atoms with Gasteiger partial charge in [-0.05, 0) is 57.0 Å². The molecule has 0 heterocycles. The lowest BCUT2D eigenvalue weighted by molar-refractivity contribution is -0.148. The van der Waals surface area contributed by atoms with Crippen molar-refractivity contribution in [3.05, 3.63) is 51.5 Å². The Labute approximate surface area is 208 Å². The number of benzene rings is 1. The number of phenolic OH excluding ortho intramolecular Hbond substituents is 1. The maximum atomic E-state index is 13.6. The number of aromatic hydroxyl groups is 1. The first-order valence-corrected chi connectivity index (χ1v) is 11.9. The van der Waals surface area contributed by atoms with E-state index in [2.05, 4.69) is 18.8 Å². The second kappa shape index (κ2) is 9.12. The average Bonchev–Trinajstić information content (AvgIpc) is 2.80. The number of amides is 1. The van der Waals surface area contributed by atoms with Crippen LogP contribution in [0.3, 0.4) is 0 Å². The number of nitrogens with two attached hydrogens (primary N) is 1. The SMILES string of the molecule is CCCCC#Cc1ccc(O)c2c1C[C@@H]1C[C@@H]3[C@@H](N(C)C)C(O)=C(C(N)=O)C(=O)[C@@]3(O)C(O)=C1C2=O. The number of phenols is 1. The number of ketones is 2. The molecule has 9 heteroatoms. The van der Waals surface area contributed by atoms with Crippen LogP contribution >= 0.6 is 0 Å². The van der Waals surface area contributed by atoms with Crippen LogP contribution in [-0.2, 0) is 16.0 Å². The van der Waals surface area contributed by atoms with Crippen molar-refractivity contribution < 1.29 is 34.8 Å². The Morgan fingerprint density at radius 3 is 2.53 bits per heavy atom. The molecule has 1 aromatic carbocycles. The third kappa shape index (κ3) is 3.60. The topological polar surface area (TPSA) is 161 Å². The lowest BCUT2D eigenvalue weighted by Crippen LogP contribution is -2.63. The fraction of sp³-hybridized carbons (Fsp3) is 0.444. The van der Waals surface area contributed by atoms with Gasteiger partial charge in [-0.15, -0.1) is 0 Å². The van der Waals surface area contributed by atoms with Gasteiger partial charge in [0, 0.05) is 23.5 Å². The maximum Gasteiger partial charge on any atom is 0.255 e. The van der Waals surface area contributed by atoms with E-state index in [4.69, 9.17) is 5.73 Å². The normalized spacial score (nSPS) is 27.3. The van der Waals surface area contributed by atoms with Gasteiger partial charge in [0.15, 0.2) is 11.4 Å². The van der Waals surface area contributed by atoms with E-state index in [1.165, 1.54) is 11.0 Å². The molecule has 1 aromatic rings. The molecule has 0 aliphatic heterocycles. The molecule has 36 heavy (non-hydrogen) atoms. The van der Waals surface area contributed by atoms with Crippen molar-refractivity contribution >= 4 is 17.5 Å². The summed E-state index contributed by atoms with van der Waals surface area (Å²) in [6, 6.07) is 1.99. The summed E-state index contributed by atoms with van der Waals surface area (Å²) >= 11 is 0. The number of aliphatic hydroxyl groups excluding tert-OH is 2. The molecular weight excluding hydrogens is 464 g/mol. The number of rotatable bonds is 4. The zero-order valence-electron chi connectivity index (χ0n) is 20.5. The Balaban J connectivity index is 1.90. The third-order valence-electron chi connectivity index (χ3n) is 7.48. The second-order valence-electron chi connectivity index (χ2n) is 9.85. The molecule has 4 atom stereocenters. The number of nitrogens with zero attached hydrogens (tertiary/aromatic N) is 1. The van der Waals surface area contributed by atoms with E-state index >= 15 is 0 Å². The van der Waals surface area contributed by atoms with Crippen LogP contribution in [0.1, 0.15) is 54.1 Å². The highest BCUT2D eigenvalue weighted by molar-refractivity contribution is 6.24. The first-order valence-electron chi connectivity index (χ1n) is 11.9. The first kappa shape index (κ1) is 25.5. The third-order valence-corrected chi connectivity index (χ3v) is 7.48. The monoisotopic (exact) mass is 494 g/mol. The Morgan fingerprint density at radius 1 is 1.22 bits per heavy atom. The van der Waals surface area contributed by atoms with Crippen molar-refractivity contribution in [1.82, 2.24) is 4.90 Å². The highest BCUT2D eigenvalue weighted by Gasteiger charge is 2.63. The second-order valence-corrected chi connectivity index (χ2v) is 9.85. The van der Waals surface area contributed by atoms with E-state index in [1.54, 1.807) is 20.2 Å². The molecule has 0 saturated carbocycles. The molecule has 0 unspecified atom stereocenters. The number of carbonyl (C=O) groups excluding carboxylic acids is 3. The summed E-state index contributed by atoms with van der Waals surface area (Å²) in [4.78, 5) is 40.4. The van der Waals surface area contributed by atoms with Crippen molar-refractivity contribution in [2.75, 3.05) is 14.1 Å². The van der Waals surface area contributed by atoms with Crippen LogP contribution in [0.2, 0.25) is 0 Å². The lowest BCUT2D eigenvalue weighted by Gasteiger charge is -2.50. The molecule has 0 spiro atoms. The largest absolute Gasteiger partial charge is 0.510 e. The van der Waals surface area contributed by atoms with E-state index in [0.29, 0.717) is 17.5 Å². The summed E-state index contributed by atoms with van der Waals surface area (Å²) in [6.45, 7) is 2.06. The van der Waals surface area contributed by atoms with Crippen LogP contribution in [0, 0.1) is 23.7 Å². The molecule has 0 fully saturated rings. The van der Waals surface area contributed by atoms with Gasteiger partial charge in [-0.2, -0.15) is 0 Å². The fourth-order valence-electron chi connectivity index (χ4n) is 5.79. The van der Waals surface area contributed by atoms with Crippen molar-refractivity contribution in [2.24, 2.45) is 17.6 Å². The number of primary amides is 1. The summed E-state index contributed by atoms with van der Waals surface area (Å²) in [5, 5.41) is 44.2. The van der Waals surface area contributed by atoms with Crippen LogP contribution in [0.15, 0.2) is 34.8 Å². The van der Waals surface area contributed by atoms with Crippen LogP contribution < -0.4 is 5.73 Å². The van der Waals surface area contributed by atoms with Crippen LogP contribution in [0.4, 0.5) is 0 Å². The van der Waals surface area contributed by atoms with Gasteiger partial charge in [-0.3, -0.25) is 19.3 Å². The van der Waals surface area contributed by atoms with Gasteiger partial charge in [-0.25, -0.2) is 0 Å². The molecule has 0 aromatic heterocycles. The van der Waals surface area contributed by atoms with E-state index in [9.17, 15) is 34.8 Å². The minimum Gasteiger partial charge on any atom is -0.510 e. The van der Waals surface area contributed by atoms with E-state index in [-0.39, 0.29) is 29.7 Å². The quantitative estimate of drug-likeness (QED) is 0.240. The van der Waals surface area contributed by atoms with Gasteiger partial charge in [0.1, 0.15) is 22.8 Å². The standard InChI is InChI=1S/C27H30N2O7/c1-4-5-6-7-8-13-9-10-17(30)19-15(13)11-14-12-16-21(29(2)3)23(32)20(26(28)35)25(34)27(16,36)24(33)18(14)22(19)31/h9-10,14,16,21,30,32-33,36H,4-6,11-12H2,1-3H3,(H2,28,35)/t14-,16-,21-,27+/m1/s1. The number of Topliss-reactive ketones (excluding diaryl/α,β-unsaturated/α-hetero) is 2. The Bertz CT molecular complexity index is 1300. The molecule has 6 N–H and O–H groups in total. The maximum absolute atomic E-state index is 13.6. The first-order chi connectivity index (χ1) is 17.0. The van der Waals surface area contributed by atoms with E-state index in [0.717, 1.165) is 12.8 Å². The lowest BCUT2D eigenvalue weighted by atomic mass is 9.58. The van der Waals surface area contributed by atoms with Gasteiger partial charge in [-0.1, -0.05) is 25.2 Å². The van der Waals surface area contributed by atoms with Crippen LogP contribution in [0.5, 0.6) is 5.75 Å². The molecule has 1 amide bonds. The van der Waals surface area contributed by atoms with E-state index in [1.807, 2.05) is 0 Å². The number of hydrogen-bond donors (Lipinski definition) is 5.